The molecule has 1 N–H and O–H groups in total. The Bertz CT molecular complexity index is 1040. The summed E-state index contributed by atoms with van der Waals surface area (Å²) in [5, 5.41) is 2.71. The van der Waals surface area contributed by atoms with Gasteiger partial charge in [0.1, 0.15) is 6.04 Å². The molecule has 2 aromatic rings. The van der Waals surface area contributed by atoms with E-state index in [9.17, 15) is 14.4 Å². The van der Waals surface area contributed by atoms with E-state index in [1.54, 1.807) is 30.3 Å². The number of fused-ring (bicyclic) bond motifs is 1. The fraction of sp³-hybridized carbons (Fsp3) is 0.346. The van der Waals surface area contributed by atoms with Gasteiger partial charge in [0.05, 0.1) is 0 Å². The van der Waals surface area contributed by atoms with E-state index in [2.05, 4.69) is 25.2 Å². The highest BCUT2D eigenvalue weighted by atomic mass is 16.5. The van der Waals surface area contributed by atoms with Crippen LogP contribution in [0.25, 0.3) is 0 Å². The number of nitrogens with zero attached hydrogens (tertiary/aromatic N) is 1. The van der Waals surface area contributed by atoms with Gasteiger partial charge in [-0.05, 0) is 29.7 Å². The number of esters is 1. The molecule has 0 saturated heterocycles. The second-order valence-electron chi connectivity index (χ2n) is 8.87. The molecule has 0 aliphatic carbocycles. The normalized spacial score (nSPS) is 16.6. The number of carbonyl (C=O) groups is 3. The summed E-state index contributed by atoms with van der Waals surface area (Å²) in [6.45, 7) is 7.37. The molecule has 168 valence electrons. The summed E-state index contributed by atoms with van der Waals surface area (Å²) in [6, 6.07) is 15.8. The van der Waals surface area contributed by atoms with Crippen LogP contribution >= 0.6 is 0 Å². The maximum absolute atomic E-state index is 12.7. The molecule has 1 aliphatic rings. The van der Waals surface area contributed by atoms with Crippen LogP contribution in [0.4, 0.5) is 5.69 Å². The molecule has 0 radical (unpaired) electrons. The summed E-state index contributed by atoms with van der Waals surface area (Å²) in [5.74, 6) is -1.49. The molecule has 0 spiro atoms. The Morgan fingerprint density at radius 2 is 1.66 bits per heavy atom. The number of ketones is 1. The average molecular weight is 435 g/mol. The Kier molecular flexibility index (Phi) is 6.82. The molecule has 1 atom stereocenters. The van der Waals surface area contributed by atoms with Gasteiger partial charge in [0.25, 0.3) is 5.91 Å². The lowest BCUT2D eigenvalue weighted by atomic mass is 9.83. The van der Waals surface area contributed by atoms with Gasteiger partial charge >= 0.3 is 5.97 Å². The van der Waals surface area contributed by atoms with E-state index in [0.29, 0.717) is 5.56 Å². The van der Waals surface area contributed by atoms with Crippen molar-refractivity contribution in [2.75, 3.05) is 18.6 Å². The van der Waals surface area contributed by atoms with Gasteiger partial charge in [-0.25, -0.2) is 4.79 Å². The third-order valence-corrected chi connectivity index (χ3v) is 5.84. The Labute approximate surface area is 189 Å². The number of rotatable bonds is 7. The molecule has 1 heterocycles. The molecule has 0 unspecified atom stereocenters. The number of amides is 1. The van der Waals surface area contributed by atoms with Gasteiger partial charge < -0.3 is 15.0 Å². The standard InChI is InChI=1S/C26H30N2O4/c1-17(2)23(27-24(30)18-11-7-6-8-12-18)25(31)32-16-19(29)15-22-26(3,4)20-13-9-10-14-21(20)28(22)5/h6-15,17,23H,16H2,1-5H3,(H,27,30)/t23-/m0/s1. The molecule has 0 fully saturated rings. The Morgan fingerprint density at radius 3 is 2.28 bits per heavy atom. The molecule has 1 amide bonds. The van der Waals surface area contributed by atoms with E-state index in [1.165, 1.54) is 0 Å². The van der Waals surface area contributed by atoms with Crippen molar-refractivity contribution in [3.8, 4) is 0 Å². The number of likely N-dealkylation sites (N-methyl/N-ethyl adjacent to an activating group) is 1. The van der Waals surface area contributed by atoms with Crippen LogP contribution in [0.1, 0.15) is 43.6 Å². The van der Waals surface area contributed by atoms with Crippen molar-refractivity contribution < 1.29 is 19.1 Å². The molecule has 3 rings (SSSR count). The summed E-state index contributed by atoms with van der Waals surface area (Å²) in [6.07, 6.45) is 1.54. The first-order valence-corrected chi connectivity index (χ1v) is 10.7. The van der Waals surface area contributed by atoms with Gasteiger partial charge in [0.15, 0.2) is 12.4 Å². The highest BCUT2D eigenvalue weighted by molar-refractivity contribution is 5.98. The van der Waals surface area contributed by atoms with Crippen molar-refractivity contribution >= 4 is 23.3 Å². The number of carbonyl (C=O) groups excluding carboxylic acids is 3. The van der Waals surface area contributed by atoms with Crippen LogP contribution in [-0.2, 0) is 19.7 Å². The van der Waals surface area contributed by atoms with E-state index < -0.39 is 12.0 Å². The summed E-state index contributed by atoms with van der Waals surface area (Å²) in [4.78, 5) is 39.7. The van der Waals surface area contributed by atoms with Crippen molar-refractivity contribution in [3.63, 3.8) is 0 Å². The van der Waals surface area contributed by atoms with Gasteiger partial charge in [-0.1, -0.05) is 64.1 Å². The number of anilines is 1. The van der Waals surface area contributed by atoms with Gasteiger partial charge in [0, 0.05) is 35.5 Å². The van der Waals surface area contributed by atoms with Crippen molar-refractivity contribution in [2.24, 2.45) is 5.92 Å². The highest BCUT2D eigenvalue weighted by Crippen LogP contribution is 2.46. The maximum Gasteiger partial charge on any atom is 0.329 e. The zero-order valence-corrected chi connectivity index (χ0v) is 19.2. The first kappa shape index (κ1) is 23.3. The van der Waals surface area contributed by atoms with E-state index in [1.807, 2.05) is 50.1 Å². The van der Waals surface area contributed by atoms with Crippen molar-refractivity contribution in [1.82, 2.24) is 5.32 Å². The minimum absolute atomic E-state index is 0.196. The quantitative estimate of drug-likeness (QED) is 0.529. The lowest BCUT2D eigenvalue weighted by molar-refractivity contribution is -0.150. The number of allylic oxidation sites excluding steroid dienone is 1. The number of hydrogen-bond acceptors (Lipinski definition) is 5. The zero-order valence-electron chi connectivity index (χ0n) is 19.2. The Hall–Kier alpha value is -3.41. The minimum Gasteiger partial charge on any atom is -0.456 e. The SMILES string of the molecule is CC(C)[C@H](NC(=O)c1ccccc1)C(=O)OCC(=O)C=C1N(C)c2ccccc2C1(C)C. The first-order chi connectivity index (χ1) is 15.1. The number of nitrogens with one attached hydrogen (secondary N) is 1. The predicted octanol–water partition coefficient (Wildman–Crippen LogP) is 3.86. The Balaban J connectivity index is 1.65. The number of hydrogen-bond donors (Lipinski definition) is 1. The molecule has 6 heteroatoms. The molecular formula is C26H30N2O4. The molecule has 1 aliphatic heterocycles. The molecule has 0 saturated carbocycles. The van der Waals surface area contributed by atoms with Crippen molar-refractivity contribution in [1.29, 1.82) is 0 Å². The summed E-state index contributed by atoms with van der Waals surface area (Å²) < 4.78 is 5.29. The van der Waals surface area contributed by atoms with Gasteiger partial charge in [-0.3, -0.25) is 9.59 Å². The fourth-order valence-corrected chi connectivity index (χ4v) is 4.00. The second-order valence-corrected chi connectivity index (χ2v) is 8.87. The summed E-state index contributed by atoms with van der Waals surface area (Å²) >= 11 is 0. The topological polar surface area (TPSA) is 75.7 Å². The molecular weight excluding hydrogens is 404 g/mol. The highest BCUT2D eigenvalue weighted by Gasteiger charge is 2.38. The number of para-hydroxylation sites is 1. The molecule has 6 nitrogen and oxygen atoms in total. The first-order valence-electron chi connectivity index (χ1n) is 10.7. The lowest BCUT2D eigenvalue weighted by Crippen LogP contribution is -2.45. The van der Waals surface area contributed by atoms with Crippen molar-refractivity contribution in [3.05, 3.63) is 77.5 Å². The van der Waals surface area contributed by atoms with E-state index >= 15 is 0 Å². The largest absolute Gasteiger partial charge is 0.456 e. The molecule has 2 aromatic carbocycles. The summed E-state index contributed by atoms with van der Waals surface area (Å²) in [5.41, 5.74) is 3.16. The van der Waals surface area contributed by atoms with Gasteiger partial charge in [-0.15, -0.1) is 0 Å². The van der Waals surface area contributed by atoms with Crippen LogP contribution in [0.5, 0.6) is 0 Å². The van der Waals surface area contributed by atoms with E-state index in [-0.39, 0.29) is 29.6 Å². The van der Waals surface area contributed by atoms with Crippen LogP contribution < -0.4 is 10.2 Å². The molecule has 0 aromatic heterocycles. The van der Waals surface area contributed by atoms with E-state index in [0.717, 1.165) is 16.9 Å². The van der Waals surface area contributed by atoms with Gasteiger partial charge in [-0.2, -0.15) is 0 Å². The third kappa shape index (κ3) is 4.74. The second kappa shape index (κ2) is 9.39. The molecule has 0 bridgehead atoms. The predicted molar refractivity (Wildman–Crippen MR) is 124 cm³/mol. The smallest absolute Gasteiger partial charge is 0.329 e. The fourth-order valence-electron chi connectivity index (χ4n) is 4.00. The lowest BCUT2D eigenvalue weighted by Gasteiger charge is -2.24. The number of benzene rings is 2. The average Bonchev–Trinajstić information content (AvgIpc) is 2.97. The van der Waals surface area contributed by atoms with E-state index in [4.69, 9.17) is 4.74 Å². The van der Waals surface area contributed by atoms with Crippen LogP contribution in [0.2, 0.25) is 0 Å². The van der Waals surface area contributed by atoms with Crippen LogP contribution in [-0.4, -0.2) is 37.4 Å². The minimum atomic E-state index is -0.849. The summed E-state index contributed by atoms with van der Waals surface area (Å²) in [7, 11) is 1.92. The zero-order chi connectivity index (χ0) is 23.5. The monoisotopic (exact) mass is 434 g/mol. The Morgan fingerprint density at radius 1 is 1.03 bits per heavy atom. The van der Waals surface area contributed by atoms with Gasteiger partial charge in [0.2, 0.25) is 0 Å². The third-order valence-electron chi connectivity index (χ3n) is 5.84. The molecule has 32 heavy (non-hydrogen) atoms. The number of ether oxygens (including phenoxy) is 1. The van der Waals surface area contributed by atoms with Crippen LogP contribution in [0.3, 0.4) is 0 Å². The van der Waals surface area contributed by atoms with Crippen LogP contribution in [0.15, 0.2) is 66.4 Å². The van der Waals surface area contributed by atoms with Crippen LogP contribution in [0, 0.1) is 5.92 Å². The van der Waals surface area contributed by atoms with Crippen molar-refractivity contribution in [2.45, 2.75) is 39.2 Å². The maximum atomic E-state index is 12.7.